The third kappa shape index (κ3) is 1.81. The van der Waals surface area contributed by atoms with Crippen LogP contribution in [0.15, 0.2) is 24.3 Å². The summed E-state index contributed by atoms with van der Waals surface area (Å²) in [6.45, 7) is 0. The molecule has 2 amide bonds. The molecule has 1 aliphatic carbocycles. The number of anilines is 1. The molecule has 2 fully saturated rings. The predicted molar refractivity (Wildman–Crippen MR) is 71.3 cm³/mol. The second-order valence-corrected chi connectivity index (χ2v) is 5.33. The Morgan fingerprint density at radius 2 is 1.60 bits per heavy atom. The minimum absolute atomic E-state index is 0.00662. The number of para-hydroxylation sites is 1. The first-order valence-corrected chi connectivity index (χ1v) is 6.81. The second-order valence-electron chi connectivity index (χ2n) is 5.33. The van der Waals surface area contributed by atoms with E-state index < -0.39 is 5.97 Å². The summed E-state index contributed by atoms with van der Waals surface area (Å²) < 4.78 is 0. The molecule has 1 saturated heterocycles. The zero-order valence-electron chi connectivity index (χ0n) is 10.9. The van der Waals surface area contributed by atoms with E-state index in [4.69, 9.17) is 0 Å². The molecule has 3 rings (SSSR count). The van der Waals surface area contributed by atoms with Gasteiger partial charge in [0.05, 0.1) is 23.1 Å². The van der Waals surface area contributed by atoms with Crippen LogP contribution in [0.3, 0.4) is 0 Å². The zero-order chi connectivity index (χ0) is 14.3. The summed E-state index contributed by atoms with van der Waals surface area (Å²) in [5, 5.41) is 9.21. The van der Waals surface area contributed by atoms with Crippen molar-refractivity contribution in [1.29, 1.82) is 0 Å². The van der Waals surface area contributed by atoms with E-state index in [9.17, 15) is 19.5 Å². The van der Waals surface area contributed by atoms with Crippen LogP contribution in [0.1, 0.15) is 36.0 Å². The van der Waals surface area contributed by atoms with Crippen LogP contribution in [0.5, 0.6) is 0 Å². The number of aromatic carboxylic acids is 1. The maximum absolute atomic E-state index is 12.4. The molecule has 0 unspecified atom stereocenters. The van der Waals surface area contributed by atoms with E-state index in [1.807, 2.05) is 0 Å². The third-order valence-electron chi connectivity index (χ3n) is 4.22. The molecule has 1 N–H and O–H groups in total. The maximum Gasteiger partial charge on any atom is 0.337 e. The van der Waals surface area contributed by atoms with Crippen LogP contribution in [-0.4, -0.2) is 22.9 Å². The Balaban J connectivity index is 2.04. The quantitative estimate of drug-likeness (QED) is 0.837. The fourth-order valence-electron chi connectivity index (χ4n) is 3.25. The number of hydrogen-bond donors (Lipinski definition) is 1. The van der Waals surface area contributed by atoms with Gasteiger partial charge in [0.2, 0.25) is 11.8 Å². The molecule has 1 aliphatic heterocycles. The number of carbonyl (C=O) groups is 3. The molecule has 0 radical (unpaired) electrons. The smallest absolute Gasteiger partial charge is 0.337 e. The van der Waals surface area contributed by atoms with Crippen LogP contribution < -0.4 is 4.90 Å². The summed E-state index contributed by atoms with van der Waals surface area (Å²) in [6.07, 6.45) is 3.35. The number of carboxylic acids is 1. The van der Waals surface area contributed by atoms with Crippen LogP contribution >= 0.6 is 0 Å². The Kier molecular flexibility index (Phi) is 3.04. The highest BCUT2D eigenvalue weighted by atomic mass is 16.4. The maximum atomic E-state index is 12.4. The molecule has 0 bridgehead atoms. The van der Waals surface area contributed by atoms with Gasteiger partial charge < -0.3 is 5.11 Å². The Labute approximate surface area is 116 Å². The largest absolute Gasteiger partial charge is 0.478 e. The number of amides is 2. The number of fused-ring (bicyclic) bond motifs is 1. The number of nitrogens with zero attached hydrogens (tertiary/aromatic N) is 1. The molecule has 5 heteroatoms. The fraction of sp³-hybridized carbons (Fsp3) is 0.400. The van der Waals surface area contributed by atoms with Gasteiger partial charge in [-0.1, -0.05) is 25.0 Å². The topological polar surface area (TPSA) is 74.7 Å². The molecule has 104 valence electrons. The summed E-state index contributed by atoms with van der Waals surface area (Å²) in [7, 11) is 0. The Bertz CT molecular complexity index is 571. The minimum Gasteiger partial charge on any atom is -0.478 e. The van der Waals surface area contributed by atoms with Gasteiger partial charge >= 0.3 is 5.97 Å². The van der Waals surface area contributed by atoms with Crippen molar-refractivity contribution in [2.45, 2.75) is 25.7 Å². The summed E-state index contributed by atoms with van der Waals surface area (Å²) in [6, 6.07) is 6.17. The van der Waals surface area contributed by atoms with E-state index in [0.717, 1.165) is 30.6 Å². The number of imide groups is 1. The lowest BCUT2D eigenvalue weighted by atomic mass is 9.81. The zero-order valence-corrected chi connectivity index (χ0v) is 10.9. The average Bonchev–Trinajstić information content (AvgIpc) is 2.71. The highest BCUT2D eigenvalue weighted by molar-refractivity contribution is 6.23. The highest BCUT2D eigenvalue weighted by Gasteiger charge is 2.49. The summed E-state index contributed by atoms with van der Waals surface area (Å²) >= 11 is 0. The lowest BCUT2D eigenvalue weighted by Gasteiger charge is -2.19. The van der Waals surface area contributed by atoms with Gasteiger partial charge in [0.1, 0.15) is 0 Å². The Morgan fingerprint density at radius 3 is 2.15 bits per heavy atom. The second kappa shape index (κ2) is 4.74. The average molecular weight is 273 g/mol. The lowest BCUT2D eigenvalue weighted by Crippen LogP contribution is -2.32. The first-order valence-electron chi connectivity index (χ1n) is 6.81. The normalized spacial score (nSPS) is 25.7. The molecule has 1 aromatic carbocycles. The minimum atomic E-state index is -1.13. The predicted octanol–water partition coefficient (Wildman–Crippen LogP) is 2.06. The van der Waals surface area contributed by atoms with Crippen LogP contribution in [0.25, 0.3) is 0 Å². The molecule has 0 aromatic heterocycles. The number of hydrogen-bond acceptors (Lipinski definition) is 3. The van der Waals surface area contributed by atoms with Crippen molar-refractivity contribution in [2.75, 3.05) is 4.90 Å². The van der Waals surface area contributed by atoms with E-state index in [1.54, 1.807) is 12.1 Å². The van der Waals surface area contributed by atoms with E-state index in [2.05, 4.69) is 0 Å². The fourth-order valence-corrected chi connectivity index (χ4v) is 3.25. The van der Waals surface area contributed by atoms with Gasteiger partial charge in [-0.15, -0.1) is 0 Å². The summed E-state index contributed by atoms with van der Waals surface area (Å²) in [5.74, 6) is -2.14. The van der Waals surface area contributed by atoms with E-state index >= 15 is 0 Å². The van der Waals surface area contributed by atoms with Gasteiger partial charge in [-0.05, 0) is 25.0 Å². The van der Waals surface area contributed by atoms with Gasteiger partial charge in [-0.2, -0.15) is 0 Å². The number of benzene rings is 1. The van der Waals surface area contributed by atoms with Gasteiger partial charge in [-0.3, -0.25) is 9.59 Å². The first kappa shape index (κ1) is 12.8. The lowest BCUT2D eigenvalue weighted by molar-refractivity contribution is -0.122. The van der Waals surface area contributed by atoms with Gasteiger partial charge in [-0.25, -0.2) is 9.69 Å². The van der Waals surface area contributed by atoms with Crippen molar-refractivity contribution in [1.82, 2.24) is 0 Å². The van der Waals surface area contributed by atoms with Crippen LogP contribution in [0.4, 0.5) is 5.69 Å². The molecule has 20 heavy (non-hydrogen) atoms. The standard InChI is InChI=1S/C15H15NO4/c17-13-9-5-1-2-6-10(9)14(18)16(13)12-8-4-3-7-11(12)15(19)20/h3-4,7-10H,1-2,5-6H2,(H,19,20)/t9-,10-/m0/s1. The number of carboxylic acid groups (broad SMARTS) is 1. The van der Waals surface area contributed by atoms with Crippen LogP contribution in [0.2, 0.25) is 0 Å². The molecule has 0 spiro atoms. The van der Waals surface area contributed by atoms with Crippen molar-refractivity contribution in [2.24, 2.45) is 11.8 Å². The summed E-state index contributed by atoms with van der Waals surface area (Å²) in [5.41, 5.74) is 0.192. The van der Waals surface area contributed by atoms with Crippen LogP contribution in [0, 0.1) is 11.8 Å². The van der Waals surface area contributed by atoms with Crippen molar-refractivity contribution < 1.29 is 19.5 Å². The van der Waals surface area contributed by atoms with Crippen molar-refractivity contribution in [3.05, 3.63) is 29.8 Å². The van der Waals surface area contributed by atoms with E-state index in [-0.39, 0.29) is 34.9 Å². The third-order valence-corrected chi connectivity index (χ3v) is 4.22. The summed E-state index contributed by atoms with van der Waals surface area (Å²) in [4.78, 5) is 37.2. The van der Waals surface area contributed by atoms with Gasteiger partial charge in [0.25, 0.3) is 0 Å². The Morgan fingerprint density at radius 1 is 1.05 bits per heavy atom. The Hall–Kier alpha value is -2.17. The molecule has 2 atom stereocenters. The SMILES string of the molecule is O=C(O)c1ccccc1N1C(=O)[C@H]2CCCC[C@@H]2C1=O. The molecule has 5 nitrogen and oxygen atoms in total. The molecular formula is C15H15NO4. The van der Waals surface area contributed by atoms with E-state index in [1.165, 1.54) is 12.1 Å². The first-order chi connectivity index (χ1) is 9.61. The van der Waals surface area contributed by atoms with Crippen LogP contribution in [-0.2, 0) is 9.59 Å². The number of rotatable bonds is 2. The molecule has 1 saturated carbocycles. The van der Waals surface area contributed by atoms with Crippen molar-refractivity contribution >= 4 is 23.5 Å². The van der Waals surface area contributed by atoms with E-state index in [0.29, 0.717) is 0 Å². The van der Waals surface area contributed by atoms with Crippen molar-refractivity contribution in [3.8, 4) is 0 Å². The van der Waals surface area contributed by atoms with Gasteiger partial charge in [0.15, 0.2) is 0 Å². The molecule has 1 aromatic rings. The molecule has 1 heterocycles. The molecular weight excluding hydrogens is 258 g/mol. The highest BCUT2D eigenvalue weighted by Crippen LogP contribution is 2.40. The van der Waals surface area contributed by atoms with Gasteiger partial charge in [0, 0.05) is 0 Å². The molecule has 2 aliphatic rings. The monoisotopic (exact) mass is 273 g/mol. The number of carbonyl (C=O) groups excluding carboxylic acids is 2. The van der Waals surface area contributed by atoms with Crippen molar-refractivity contribution in [3.63, 3.8) is 0 Å².